The van der Waals surface area contributed by atoms with Gasteiger partial charge in [-0.25, -0.2) is 4.79 Å². The van der Waals surface area contributed by atoms with E-state index in [1.54, 1.807) is 0 Å². The summed E-state index contributed by atoms with van der Waals surface area (Å²) >= 11 is 3.99. The fraction of sp³-hybridized carbons (Fsp3) is 0.688. The van der Waals surface area contributed by atoms with Gasteiger partial charge in [-0.1, -0.05) is 6.42 Å². The van der Waals surface area contributed by atoms with Gasteiger partial charge < -0.3 is 43.4 Å². The fourth-order valence-corrected chi connectivity index (χ4v) is 2.51. The van der Waals surface area contributed by atoms with E-state index in [-0.39, 0.29) is 5.75 Å². The molecule has 4 amide bonds. The maximum atomic E-state index is 12.4. The molecule has 0 rings (SSSR count). The van der Waals surface area contributed by atoms with E-state index < -0.39 is 66.8 Å². The molecule has 0 aliphatic rings. The van der Waals surface area contributed by atoms with Crippen LogP contribution in [0.15, 0.2) is 0 Å². The molecular formula is C16H30N6O7S. The summed E-state index contributed by atoms with van der Waals surface area (Å²) in [5.74, 6) is -5.12. The zero-order valence-electron chi connectivity index (χ0n) is 16.4. The van der Waals surface area contributed by atoms with Crippen molar-refractivity contribution in [1.29, 1.82) is 0 Å². The molecule has 13 nitrogen and oxygen atoms in total. The maximum absolute atomic E-state index is 12.4. The van der Waals surface area contributed by atoms with Crippen LogP contribution in [-0.4, -0.2) is 82.9 Å². The summed E-state index contributed by atoms with van der Waals surface area (Å²) < 4.78 is 0. The van der Waals surface area contributed by atoms with E-state index in [4.69, 9.17) is 27.4 Å². The highest BCUT2D eigenvalue weighted by atomic mass is 32.1. The van der Waals surface area contributed by atoms with Crippen LogP contribution in [0.5, 0.6) is 0 Å². The Bertz CT molecular complexity index is 621. The number of carboxylic acid groups (broad SMARTS) is 1. The summed E-state index contributed by atoms with van der Waals surface area (Å²) in [4.78, 5) is 59.0. The number of aliphatic hydroxyl groups is 1. The van der Waals surface area contributed by atoms with E-state index in [1.807, 2.05) is 5.32 Å². The highest BCUT2D eigenvalue weighted by Gasteiger charge is 2.30. The Hall–Kier alpha value is -2.42. The summed E-state index contributed by atoms with van der Waals surface area (Å²) in [5.41, 5.74) is 16.2. The Morgan fingerprint density at radius 2 is 1.43 bits per heavy atom. The minimum atomic E-state index is -1.64. The molecule has 0 bridgehead atoms. The van der Waals surface area contributed by atoms with Crippen LogP contribution in [0, 0.1) is 0 Å². The van der Waals surface area contributed by atoms with Crippen LogP contribution in [0.4, 0.5) is 0 Å². The van der Waals surface area contributed by atoms with Crippen LogP contribution in [0.25, 0.3) is 0 Å². The first-order valence-electron chi connectivity index (χ1n) is 9.16. The molecule has 14 heteroatoms. The molecule has 0 spiro atoms. The number of hydrogen-bond donors (Lipinski definition) is 9. The standard InChI is InChI=1S/C16H30N6O7S/c17-4-2-1-3-8(18)13(25)22-11(7-30)15(27)20-9(5-12(19)24)14(26)21-10(6-23)16(28)29/h8-11,23,30H,1-7,17-18H2,(H2,19,24)(H,20,27)(H,21,26)(H,22,25)(H,28,29). The Labute approximate surface area is 178 Å². The van der Waals surface area contributed by atoms with E-state index in [2.05, 4.69) is 23.3 Å². The lowest BCUT2D eigenvalue weighted by Crippen LogP contribution is -2.58. The number of rotatable bonds is 15. The predicted molar refractivity (Wildman–Crippen MR) is 109 cm³/mol. The lowest BCUT2D eigenvalue weighted by atomic mass is 10.1. The lowest BCUT2D eigenvalue weighted by molar-refractivity contribution is -0.143. The molecule has 0 aromatic rings. The van der Waals surface area contributed by atoms with Crippen LogP contribution < -0.4 is 33.2 Å². The van der Waals surface area contributed by atoms with Gasteiger partial charge in [0.05, 0.1) is 19.1 Å². The second kappa shape index (κ2) is 14.5. The summed E-state index contributed by atoms with van der Waals surface area (Å²) in [6, 6.07) is -5.23. The van der Waals surface area contributed by atoms with E-state index in [0.29, 0.717) is 25.8 Å². The predicted octanol–water partition coefficient (Wildman–Crippen LogP) is -4.22. The van der Waals surface area contributed by atoms with Gasteiger partial charge in [0.2, 0.25) is 23.6 Å². The normalized spacial score (nSPS) is 14.7. The zero-order chi connectivity index (χ0) is 23.3. The minimum Gasteiger partial charge on any atom is -0.480 e. The van der Waals surface area contributed by atoms with Gasteiger partial charge in [0.1, 0.15) is 18.1 Å². The number of carboxylic acids is 1. The van der Waals surface area contributed by atoms with Crippen LogP contribution in [0.2, 0.25) is 0 Å². The highest BCUT2D eigenvalue weighted by molar-refractivity contribution is 7.80. The molecule has 172 valence electrons. The molecule has 0 aromatic carbocycles. The largest absolute Gasteiger partial charge is 0.480 e. The molecule has 0 fully saturated rings. The molecule has 0 aromatic heterocycles. The fourth-order valence-electron chi connectivity index (χ4n) is 2.25. The van der Waals surface area contributed by atoms with Crippen LogP contribution in [0.3, 0.4) is 0 Å². The van der Waals surface area contributed by atoms with Crippen molar-refractivity contribution < 1.29 is 34.2 Å². The van der Waals surface area contributed by atoms with E-state index in [1.165, 1.54) is 0 Å². The Morgan fingerprint density at radius 1 is 0.900 bits per heavy atom. The molecule has 0 heterocycles. The van der Waals surface area contributed by atoms with Crippen molar-refractivity contribution in [2.45, 2.75) is 49.9 Å². The maximum Gasteiger partial charge on any atom is 0.328 e. The van der Waals surface area contributed by atoms with Gasteiger partial charge in [-0.05, 0) is 19.4 Å². The van der Waals surface area contributed by atoms with Gasteiger partial charge in [0.15, 0.2) is 0 Å². The van der Waals surface area contributed by atoms with Crippen molar-refractivity contribution in [1.82, 2.24) is 16.0 Å². The number of hydrogen-bond acceptors (Lipinski definition) is 9. The molecule has 0 radical (unpaired) electrons. The summed E-state index contributed by atoms with van der Waals surface area (Å²) in [6.45, 7) is -0.450. The number of amides is 4. The molecule has 4 unspecified atom stereocenters. The molecule has 0 aliphatic heterocycles. The number of carbonyl (C=O) groups is 5. The molecule has 0 aliphatic carbocycles. The average molecular weight is 451 g/mol. The Balaban J connectivity index is 5.08. The first kappa shape index (κ1) is 27.6. The third kappa shape index (κ3) is 10.4. The number of aliphatic hydroxyl groups excluding tert-OH is 1. The Morgan fingerprint density at radius 3 is 1.90 bits per heavy atom. The zero-order valence-corrected chi connectivity index (χ0v) is 17.3. The molecule has 0 saturated carbocycles. The molecular weight excluding hydrogens is 420 g/mol. The van der Waals surface area contributed by atoms with Gasteiger partial charge in [0.25, 0.3) is 0 Å². The van der Waals surface area contributed by atoms with Gasteiger partial charge in [-0.2, -0.15) is 12.6 Å². The van der Waals surface area contributed by atoms with Gasteiger partial charge >= 0.3 is 5.97 Å². The van der Waals surface area contributed by atoms with Crippen molar-refractivity contribution >= 4 is 42.2 Å². The second-order valence-electron chi connectivity index (χ2n) is 6.45. The third-order valence-corrected chi connectivity index (χ3v) is 4.32. The first-order valence-corrected chi connectivity index (χ1v) is 9.80. The van der Waals surface area contributed by atoms with Crippen LogP contribution in [-0.2, 0) is 24.0 Å². The number of thiol groups is 1. The van der Waals surface area contributed by atoms with Crippen molar-refractivity contribution in [2.75, 3.05) is 18.9 Å². The topological polar surface area (TPSA) is 240 Å². The number of nitrogens with two attached hydrogens (primary N) is 3. The second-order valence-corrected chi connectivity index (χ2v) is 6.81. The van der Waals surface area contributed by atoms with Crippen LogP contribution >= 0.6 is 12.6 Å². The average Bonchev–Trinajstić information content (AvgIpc) is 2.68. The third-order valence-electron chi connectivity index (χ3n) is 3.96. The SMILES string of the molecule is NCCCCC(N)C(=O)NC(CS)C(=O)NC(CC(N)=O)C(=O)NC(CO)C(=O)O. The smallest absolute Gasteiger partial charge is 0.328 e. The highest BCUT2D eigenvalue weighted by Crippen LogP contribution is 2.01. The van der Waals surface area contributed by atoms with E-state index in [9.17, 15) is 24.0 Å². The van der Waals surface area contributed by atoms with Crippen molar-refractivity contribution in [3.63, 3.8) is 0 Å². The first-order chi connectivity index (χ1) is 14.1. The van der Waals surface area contributed by atoms with Gasteiger partial charge in [-0.15, -0.1) is 0 Å². The lowest BCUT2D eigenvalue weighted by Gasteiger charge is -2.23. The number of carbonyl (C=O) groups excluding carboxylic acids is 4. The summed E-state index contributed by atoms with van der Waals surface area (Å²) in [7, 11) is 0. The minimum absolute atomic E-state index is 0.146. The van der Waals surface area contributed by atoms with E-state index >= 15 is 0 Å². The van der Waals surface area contributed by atoms with Crippen LogP contribution in [0.1, 0.15) is 25.7 Å². The van der Waals surface area contributed by atoms with Crippen molar-refractivity contribution in [3.8, 4) is 0 Å². The van der Waals surface area contributed by atoms with Crippen molar-refractivity contribution in [2.24, 2.45) is 17.2 Å². The molecule has 30 heavy (non-hydrogen) atoms. The van der Waals surface area contributed by atoms with Crippen molar-refractivity contribution in [3.05, 3.63) is 0 Å². The summed E-state index contributed by atoms with van der Waals surface area (Å²) in [5, 5.41) is 24.5. The molecule has 11 N–H and O–H groups in total. The molecule has 4 atom stereocenters. The summed E-state index contributed by atoms with van der Waals surface area (Å²) in [6.07, 6.45) is 1.03. The number of unbranched alkanes of at least 4 members (excludes halogenated alkanes) is 1. The number of aliphatic carboxylic acids is 1. The van der Waals surface area contributed by atoms with Gasteiger partial charge in [0, 0.05) is 5.75 Å². The monoisotopic (exact) mass is 450 g/mol. The van der Waals surface area contributed by atoms with E-state index in [0.717, 1.165) is 0 Å². The molecule has 0 saturated heterocycles. The van der Waals surface area contributed by atoms with Gasteiger partial charge in [-0.3, -0.25) is 19.2 Å². The number of primary amides is 1. The Kier molecular flexibility index (Phi) is 13.4. The quantitative estimate of drug-likeness (QED) is 0.0866. The number of nitrogens with one attached hydrogen (secondary N) is 3.